The number of carbonyl (C=O) groups is 1. The number of anilines is 3. The van der Waals surface area contributed by atoms with Gasteiger partial charge in [0.15, 0.2) is 11.6 Å². The minimum atomic E-state index is -0.138. The first-order chi connectivity index (χ1) is 15.7. The maximum Gasteiger partial charge on any atom is 0.269 e. The highest BCUT2D eigenvalue weighted by Gasteiger charge is 2.29. The maximum absolute atomic E-state index is 12.3. The van der Waals surface area contributed by atoms with Crippen LogP contribution in [0.5, 0.6) is 0 Å². The topological polar surface area (TPSA) is 116 Å². The normalized spacial score (nSPS) is 18.2. The molecule has 6 rings (SSSR count). The lowest BCUT2D eigenvalue weighted by atomic mass is 10.1. The van der Waals surface area contributed by atoms with Crippen molar-refractivity contribution in [1.29, 1.82) is 0 Å². The summed E-state index contributed by atoms with van der Waals surface area (Å²) >= 11 is 0. The van der Waals surface area contributed by atoms with Crippen LogP contribution in [0.1, 0.15) is 47.8 Å². The Morgan fingerprint density at radius 2 is 2.12 bits per heavy atom. The molecule has 10 nitrogen and oxygen atoms in total. The van der Waals surface area contributed by atoms with Crippen molar-refractivity contribution >= 4 is 29.0 Å². The van der Waals surface area contributed by atoms with Crippen molar-refractivity contribution < 1.29 is 4.79 Å². The molecule has 3 N–H and O–H groups in total. The van der Waals surface area contributed by atoms with E-state index in [1.54, 1.807) is 12.3 Å². The number of pyridine rings is 1. The zero-order chi connectivity index (χ0) is 21.5. The second-order valence-corrected chi connectivity index (χ2v) is 8.28. The Morgan fingerprint density at radius 3 is 2.97 bits per heavy atom. The smallest absolute Gasteiger partial charge is 0.269 e. The van der Waals surface area contributed by atoms with Gasteiger partial charge in [0, 0.05) is 37.2 Å². The molecule has 4 aromatic heterocycles. The molecule has 1 unspecified atom stereocenters. The highest BCUT2D eigenvalue weighted by Crippen LogP contribution is 2.35. The average molecular weight is 429 g/mol. The summed E-state index contributed by atoms with van der Waals surface area (Å²) in [5.74, 6) is 1.67. The number of H-pyrrole nitrogens is 1. The lowest BCUT2D eigenvalue weighted by molar-refractivity contribution is 0.0946. The van der Waals surface area contributed by atoms with E-state index in [2.05, 4.69) is 36.8 Å². The van der Waals surface area contributed by atoms with E-state index < -0.39 is 0 Å². The molecule has 1 aliphatic heterocycles. The van der Waals surface area contributed by atoms with Crippen molar-refractivity contribution in [2.75, 3.05) is 16.8 Å². The highest BCUT2D eigenvalue weighted by molar-refractivity contribution is 5.93. The van der Waals surface area contributed by atoms with Gasteiger partial charge in [0.05, 0.1) is 6.04 Å². The largest absolute Gasteiger partial charge is 0.348 e. The first-order valence-electron chi connectivity index (χ1n) is 10.9. The fraction of sp³-hybridized carbons (Fsp3) is 0.318. The second kappa shape index (κ2) is 7.63. The van der Waals surface area contributed by atoms with Gasteiger partial charge in [0.2, 0.25) is 5.95 Å². The molecule has 0 aromatic carbocycles. The van der Waals surface area contributed by atoms with E-state index in [0.717, 1.165) is 43.3 Å². The van der Waals surface area contributed by atoms with Gasteiger partial charge in [-0.25, -0.2) is 4.52 Å². The molecule has 0 bridgehead atoms. The number of aromatic amines is 1. The number of nitrogens with one attached hydrogen (secondary N) is 3. The quantitative estimate of drug-likeness (QED) is 0.432. The minimum absolute atomic E-state index is 0.138. The Kier molecular flexibility index (Phi) is 4.48. The summed E-state index contributed by atoms with van der Waals surface area (Å²) in [7, 11) is 0. The Bertz CT molecular complexity index is 1260. The van der Waals surface area contributed by atoms with E-state index >= 15 is 0 Å². The van der Waals surface area contributed by atoms with Gasteiger partial charge < -0.3 is 15.5 Å². The number of amides is 1. The van der Waals surface area contributed by atoms with Crippen LogP contribution in [0.2, 0.25) is 0 Å². The Hall–Kier alpha value is -3.95. The van der Waals surface area contributed by atoms with E-state index in [1.165, 1.54) is 0 Å². The summed E-state index contributed by atoms with van der Waals surface area (Å²) in [5, 5.41) is 18.0. The molecule has 4 aromatic rings. The number of aromatic nitrogens is 6. The first kappa shape index (κ1) is 18.8. The van der Waals surface area contributed by atoms with Crippen molar-refractivity contribution in [1.82, 2.24) is 35.1 Å². The van der Waals surface area contributed by atoms with E-state index in [4.69, 9.17) is 10.1 Å². The van der Waals surface area contributed by atoms with E-state index in [1.807, 2.05) is 35.1 Å². The number of nitrogens with zero attached hydrogens (tertiary/aromatic N) is 6. The van der Waals surface area contributed by atoms with E-state index in [9.17, 15) is 4.79 Å². The van der Waals surface area contributed by atoms with Crippen LogP contribution >= 0.6 is 0 Å². The standard InChI is InChI=1S/C22H23N9O/c32-21(24-15-7-8-15)16-12-19(28-27-16)25-20-18-6-3-11-31(18)29-22(26-20)30-10-2-5-17(30)14-4-1-9-23-13-14/h1,3-4,6,9,11-13,15,17H,2,5,7-8,10H2,(H,24,32)(H2,25,26,27,28,29). The third-order valence-corrected chi connectivity index (χ3v) is 5.94. The third kappa shape index (κ3) is 3.53. The molecule has 1 amide bonds. The molecule has 1 aliphatic carbocycles. The number of rotatable bonds is 6. The Balaban J connectivity index is 1.30. The van der Waals surface area contributed by atoms with Gasteiger partial charge in [-0.2, -0.15) is 10.1 Å². The molecule has 2 aliphatic rings. The van der Waals surface area contributed by atoms with Gasteiger partial charge in [0.25, 0.3) is 5.91 Å². The first-order valence-corrected chi connectivity index (χ1v) is 10.9. The summed E-state index contributed by atoms with van der Waals surface area (Å²) < 4.78 is 1.82. The van der Waals surface area contributed by atoms with Gasteiger partial charge in [-0.1, -0.05) is 6.07 Å². The van der Waals surface area contributed by atoms with Crippen LogP contribution in [0.3, 0.4) is 0 Å². The molecule has 1 saturated carbocycles. The fourth-order valence-electron chi connectivity index (χ4n) is 4.18. The van der Waals surface area contributed by atoms with Crippen LogP contribution in [0.25, 0.3) is 5.52 Å². The fourth-order valence-corrected chi connectivity index (χ4v) is 4.18. The second-order valence-electron chi connectivity index (χ2n) is 8.28. The molecule has 2 fully saturated rings. The van der Waals surface area contributed by atoms with Crippen molar-refractivity contribution in [2.45, 2.75) is 37.8 Å². The van der Waals surface area contributed by atoms with Crippen LogP contribution in [0, 0.1) is 0 Å². The van der Waals surface area contributed by atoms with Crippen molar-refractivity contribution in [2.24, 2.45) is 0 Å². The van der Waals surface area contributed by atoms with Crippen LogP contribution in [0.4, 0.5) is 17.6 Å². The predicted molar refractivity (Wildman–Crippen MR) is 119 cm³/mol. The predicted octanol–water partition coefficient (Wildman–Crippen LogP) is 2.82. The summed E-state index contributed by atoms with van der Waals surface area (Å²) in [6, 6.07) is 10.1. The van der Waals surface area contributed by atoms with Gasteiger partial charge in [-0.3, -0.25) is 14.9 Å². The van der Waals surface area contributed by atoms with Gasteiger partial charge >= 0.3 is 0 Å². The van der Waals surface area contributed by atoms with Gasteiger partial charge in [-0.15, -0.1) is 5.10 Å². The van der Waals surface area contributed by atoms with E-state index in [0.29, 0.717) is 29.3 Å². The van der Waals surface area contributed by atoms with Crippen LogP contribution in [0.15, 0.2) is 48.9 Å². The molecule has 162 valence electrons. The summed E-state index contributed by atoms with van der Waals surface area (Å²) in [6.07, 6.45) is 9.77. The number of carbonyl (C=O) groups excluding carboxylic acids is 1. The summed E-state index contributed by atoms with van der Waals surface area (Å²) in [6.45, 7) is 0.875. The van der Waals surface area contributed by atoms with E-state index in [-0.39, 0.29) is 11.9 Å². The van der Waals surface area contributed by atoms with Crippen molar-refractivity contribution in [3.63, 3.8) is 0 Å². The monoisotopic (exact) mass is 429 g/mol. The molecule has 0 spiro atoms. The Labute approximate surface area is 184 Å². The number of hydrogen-bond acceptors (Lipinski definition) is 7. The zero-order valence-corrected chi connectivity index (χ0v) is 17.4. The average Bonchev–Trinajstić information content (AvgIpc) is 3.23. The molecule has 10 heteroatoms. The van der Waals surface area contributed by atoms with Crippen molar-refractivity contribution in [3.8, 4) is 0 Å². The molecular weight excluding hydrogens is 406 g/mol. The summed E-state index contributed by atoms with van der Waals surface area (Å²) in [4.78, 5) is 23.6. The molecular formula is C22H23N9O. The highest BCUT2D eigenvalue weighted by atomic mass is 16.2. The van der Waals surface area contributed by atoms with Crippen LogP contribution in [-0.2, 0) is 0 Å². The number of fused-ring (bicyclic) bond motifs is 1. The third-order valence-electron chi connectivity index (χ3n) is 5.94. The van der Waals surface area contributed by atoms with Crippen LogP contribution in [-0.4, -0.2) is 48.3 Å². The SMILES string of the molecule is O=C(NC1CC1)c1cc(Nc2nc(N3CCCC3c3cccnc3)nn3cccc23)n[nH]1. The maximum atomic E-state index is 12.3. The molecule has 5 heterocycles. The lowest BCUT2D eigenvalue weighted by Crippen LogP contribution is -2.26. The zero-order valence-electron chi connectivity index (χ0n) is 17.4. The molecule has 1 atom stereocenters. The van der Waals surface area contributed by atoms with Gasteiger partial charge in [0.1, 0.15) is 11.2 Å². The Morgan fingerprint density at radius 1 is 1.19 bits per heavy atom. The van der Waals surface area contributed by atoms with Crippen LogP contribution < -0.4 is 15.5 Å². The summed E-state index contributed by atoms with van der Waals surface area (Å²) in [5.41, 5.74) is 2.42. The molecule has 0 radical (unpaired) electrons. The molecule has 32 heavy (non-hydrogen) atoms. The minimum Gasteiger partial charge on any atom is -0.348 e. The lowest BCUT2D eigenvalue weighted by Gasteiger charge is -2.25. The van der Waals surface area contributed by atoms with Gasteiger partial charge in [-0.05, 0) is 49.4 Å². The van der Waals surface area contributed by atoms with Crippen molar-refractivity contribution in [3.05, 3.63) is 60.2 Å². The molecule has 1 saturated heterocycles. The number of hydrogen-bond donors (Lipinski definition) is 3.